The summed E-state index contributed by atoms with van der Waals surface area (Å²) in [5.41, 5.74) is 9.50. The first-order valence-electron chi connectivity index (χ1n) is 8.06. The fraction of sp³-hybridized carbons (Fsp3) is 0.588. The van der Waals surface area contributed by atoms with Gasteiger partial charge in [-0.3, -0.25) is 9.69 Å². The highest BCUT2D eigenvalue weighted by atomic mass is 16.2. The van der Waals surface area contributed by atoms with Gasteiger partial charge in [-0.05, 0) is 49.8 Å². The van der Waals surface area contributed by atoms with Gasteiger partial charge in [0.1, 0.15) is 0 Å². The van der Waals surface area contributed by atoms with Gasteiger partial charge in [0.05, 0.1) is 6.04 Å². The number of nitrogens with two attached hydrogens (primary N) is 1. The van der Waals surface area contributed by atoms with Gasteiger partial charge in [0, 0.05) is 31.9 Å². The number of carbonyl (C=O) groups is 1. The average molecular weight is 287 g/mol. The first kappa shape index (κ1) is 14.4. The van der Waals surface area contributed by atoms with E-state index in [-0.39, 0.29) is 11.9 Å². The van der Waals surface area contributed by atoms with Crippen molar-refractivity contribution in [2.45, 2.75) is 45.2 Å². The number of amides is 1. The lowest BCUT2D eigenvalue weighted by molar-refractivity contribution is -0.137. The summed E-state index contributed by atoms with van der Waals surface area (Å²) in [6.07, 6.45) is 4.53. The fourth-order valence-corrected chi connectivity index (χ4v) is 3.49. The first-order valence-corrected chi connectivity index (χ1v) is 8.06. The van der Waals surface area contributed by atoms with Gasteiger partial charge in [-0.2, -0.15) is 0 Å². The number of hydrogen-bond donors (Lipinski definition) is 1. The molecule has 0 saturated carbocycles. The van der Waals surface area contributed by atoms with Crippen molar-refractivity contribution < 1.29 is 4.79 Å². The molecule has 0 spiro atoms. The lowest BCUT2D eigenvalue weighted by atomic mass is 9.97. The third-order valence-electron chi connectivity index (χ3n) is 4.91. The number of nitrogens with zero attached hydrogens (tertiary/aromatic N) is 2. The summed E-state index contributed by atoms with van der Waals surface area (Å²) in [5, 5.41) is 0. The topological polar surface area (TPSA) is 49.6 Å². The van der Waals surface area contributed by atoms with Crippen molar-refractivity contribution in [1.82, 2.24) is 9.80 Å². The van der Waals surface area contributed by atoms with E-state index in [4.69, 9.17) is 5.73 Å². The predicted octanol–water partition coefficient (Wildman–Crippen LogP) is 2.03. The Morgan fingerprint density at radius 1 is 1.19 bits per heavy atom. The summed E-state index contributed by atoms with van der Waals surface area (Å²) in [6, 6.07) is 6.09. The molecule has 1 saturated heterocycles. The summed E-state index contributed by atoms with van der Waals surface area (Å²) in [6.45, 7) is 5.63. The molecule has 2 N–H and O–H groups in total. The van der Waals surface area contributed by atoms with Crippen LogP contribution in [0.25, 0.3) is 0 Å². The van der Waals surface area contributed by atoms with E-state index in [0.29, 0.717) is 0 Å². The van der Waals surface area contributed by atoms with Crippen LogP contribution in [0.3, 0.4) is 0 Å². The summed E-state index contributed by atoms with van der Waals surface area (Å²) in [5.74, 6) is 0.285. The normalized spacial score (nSPS) is 20.9. The molecule has 4 nitrogen and oxygen atoms in total. The van der Waals surface area contributed by atoms with Crippen LogP contribution >= 0.6 is 0 Å². The van der Waals surface area contributed by atoms with Crippen LogP contribution in [0.2, 0.25) is 0 Å². The molecule has 3 rings (SSSR count). The number of carbonyl (C=O) groups excluding carboxylic acids is 1. The highest BCUT2D eigenvalue weighted by molar-refractivity contribution is 5.81. The van der Waals surface area contributed by atoms with Crippen LogP contribution in [0.5, 0.6) is 0 Å². The van der Waals surface area contributed by atoms with Crippen LogP contribution in [0.1, 0.15) is 37.3 Å². The lowest BCUT2D eigenvalue weighted by Crippen LogP contribution is -2.50. The molecule has 2 aliphatic rings. The van der Waals surface area contributed by atoms with Gasteiger partial charge in [-0.1, -0.05) is 12.1 Å². The Morgan fingerprint density at radius 2 is 1.95 bits per heavy atom. The number of likely N-dealkylation sites (tertiary alicyclic amines) is 1. The number of anilines is 1. The molecule has 114 valence electrons. The van der Waals surface area contributed by atoms with Crippen molar-refractivity contribution >= 4 is 11.6 Å². The van der Waals surface area contributed by atoms with Gasteiger partial charge in [0.2, 0.25) is 5.91 Å². The smallest absolute Gasteiger partial charge is 0.239 e. The molecule has 21 heavy (non-hydrogen) atoms. The molecule has 1 unspecified atom stereocenters. The van der Waals surface area contributed by atoms with Crippen LogP contribution in [0.4, 0.5) is 5.69 Å². The maximum Gasteiger partial charge on any atom is 0.239 e. The van der Waals surface area contributed by atoms with E-state index in [9.17, 15) is 4.79 Å². The average Bonchev–Trinajstić information content (AvgIpc) is 2.54. The van der Waals surface area contributed by atoms with Crippen molar-refractivity contribution in [1.29, 1.82) is 0 Å². The van der Waals surface area contributed by atoms with Gasteiger partial charge >= 0.3 is 0 Å². The second kappa shape index (κ2) is 6.06. The minimum absolute atomic E-state index is 0.0455. The maximum atomic E-state index is 12.6. The van der Waals surface area contributed by atoms with Gasteiger partial charge < -0.3 is 10.6 Å². The molecule has 0 bridgehead atoms. The zero-order valence-electron chi connectivity index (χ0n) is 12.8. The number of rotatable bonds is 2. The highest BCUT2D eigenvalue weighted by Gasteiger charge is 2.29. The Bertz CT molecular complexity index is 523. The van der Waals surface area contributed by atoms with Crippen LogP contribution in [0.15, 0.2) is 18.2 Å². The summed E-state index contributed by atoms with van der Waals surface area (Å²) >= 11 is 0. The highest BCUT2D eigenvalue weighted by Crippen LogP contribution is 2.26. The molecule has 1 aromatic rings. The Hall–Kier alpha value is -1.55. The fourth-order valence-electron chi connectivity index (χ4n) is 3.49. The van der Waals surface area contributed by atoms with Gasteiger partial charge in [0.25, 0.3) is 0 Å². The molecule has 1 aromatic carbocycles. The van der Waals surface area contributed by atoms with E-state index in [1.165, 1.54) is 17.5 Å². The zero-order chi connectivity index (χ0) is 14.8. The predicted molar refractivity (Wildman–Crippen MR) is 84.9 cm³/mol. The molecule has 0 aliphatic carbocycles. The van der Waals surface area contributed by atoms with Crippen molar-refractivity contribution in [2.24, 2.45) is 0 Å². The molecular formula is C17H25N3O. The van der Waals surface area contributed by atoms with Crippen LogP contribution < -0.4 is 5.73 Å². The van der Waals surface area contributed by atoms with Crippen molar-refractivity contribution in [3.8, 4) is 0 Å². The molecule has 1 amide bonds. The van der Waals surface area contributed by atoms with Crippen molar-refractivity contribution in [3.05, 3.63) is 29.3 Å². The molecule has 1 atom stereocenters. The van der Waals surface area contributed by atoms with E-state index in [1.807, 2.05) is 24.0 Å². The van der Waals surface area contributed by atoms with E-state index in [1.54, 1.807) is 0 Å². The van der Waals surface area contributed by atoms with Gasteiger partial charge in [-0.15, -0.1) is 0 Å². The van der Waals surface area contributed by atoms with E-state index in [2.05, 4.69) is 11.0 Å². The summed E-state index contributed by atoms with van der Waals surface area (Å²) < 4.78 is 0. The van der Waals surface area contributed by atoms with Gasteiger partial charge in [0.15, 0.2) is 0 Å². The number of fused-ring (bicyclic) bond motifs is 1. The van der Waals surface area contributed by atoms with E-state index in [0.717, 1.165) is 51.1 Å². The Labute approximate surface area is 126 Å². The molecule has 4 heteroatoms. The molecule has 0 radical (unpaired) electrons. The number of piperidine rings is 1. The largest absolute Gasteiger partial charge is 0.398 e. The quantitative estimate of drug-likeness (QED) is 0.847. The number of benzene rings is 1. The Morgan fingerprint density at radius 3 is 2.71 bits per heavy atom. The molecular weight excluding hydrogens is 262 g/mol. The Kier molecular flexibility index (Phi) is 4.15. The third-order valence-corrected chi connectivity index (χ3v) is 4.91. The maximum absolute atomic E-state index is 12.6. The Balaban J connectivity index is 1.70. The monoisotopic (exact) mass is 287 g/mol. The molecule has 1 fully saturated rings. The third kappa shape index (κ3) is 2.91. The van der Waals surface area contributed by atoms with E-state index < -0.39 is 0 Å². The molecule has 2 aliphatic heterocycles. The van der Waals surface area contributed by atoms with Crippen LogP contribution in [0, 0.1) is 0 Å². The molecule has 0 aromatic heterocycles. The van der Waals surface area contributed by atoms with E-state index >= 15 is 0 Å². The standard InChI is InChI=1S/C17H25N3O/c1-13(17(21)19-9-3-2-4-10-19)20-11-8-14-6-5-7-16(18)15(14)12-20/h5-7,13H,2-4,8-12,18H2,1H3. The first-order chi connectivity index (χ1) is 10.2. The van der Waals surface area contributed by atoms with Crippen molar-refractivity contribution in [2.75, 3.05) is 25.4 Å². The van der Waals surface area contributed by atoms with Crippen molar-refractivity contribution in [3.63, 3.8) is 0 Å². The number of nitrogen functional groups attached to an aromatic ring is 1. The van der Waals surface area contributed by atoms with Crippen LogP contribution in [-0.4, -0.2) is 41.4 Å². The minimum atomic E-state index is -0.0455. The summed E-state index contributed by atoms with van der Waals surface area (Å²) in [4.78, 5) is 17.0. The number of hydrogen-bond acceptors (Lipinski definition) is 3. The molecule has 2 heterocycles. The zero-order valence-corrected chi connectivity index (χ0v) is 12.8. The second-order valence-electron chi connectivity index (χ2n) is 6.27. The van der Waals surface area contributed by atoms with Crippen LogP contribution in [-0.2, 0) is 17.8 Å². The SMILES string of the molecule is CC(C(=O)N1CCCCC1)N1CCc2cccc(N)c2C1. The summed E-state index contributed by atoms with van der Waals surface area (Å²) in [7, 11) is 0. The van der Waals surface area contributed by atoms with Gasteiger partial charge in [-0.25, -0.2) is 0 Å². The lowest BCUT2D eigenvalue weighted by Gasteiger charge is -2.37. The minimum Gasteiger partial charge on any atom is -0.398 e. The second-order valence-corrected chi connectivity index (χ2v) is 6.27.